The van der Waals surface area contributed by atoms with Gasteiger partial charge in [-0.25, -0.2) is 0 Å². The molecule has 0 bridgehead atoms. The zero-order chi connectivity index (χ0) is 13.8. The molecular formula is C16H22O3. The number of hydrogen-bond donors (Lipinski definition) is 0. The van der Waals surface area contributed by atoms with Gasteiger partial charge in [-0.3, -0.25) is 4.79 Å². The van der Waals surface area contributed by atoms with E-state index in [1.54, 1.807) is 7.11 Å². The van der Waals surface area contributed by atoms with E-state index in [0.29, 0.717) is 11.8 Å². The lowest BCUT2D eigenvalue weighted by atomic mass is 9.90. The van der Waals surface area contributed by atoms with Gasteiger partial charge in [0.05, 0.1) is 20.1 Å². The fourth-order valence-corrected chi connectivity index (χ4v) is 2.73. The van der Waals surface area contributed by atoms with Gasteiger partial charge in [0, 0.05) is 0 Å². The Morgan fingerprint density at radius 3 is 2.53 bits per heavy atom. The van der Waals surface area contributed by atoms with Crippen LogP contribution in [-0.2, 0) is 9.53 Å². The lowest BCUT2D eigenvalue weighted by Gasteiger charge is -2.15. The fraction of sp³-hybridized carbons (Fsp3) is 0.562. The Morgan fingerprint density at radius 1 is 1.32 bits per heavy atom. The Labute approximate surface area is 114 Å². The third-order valence-corrected chi connectivity index (χ3v) is 4.09. The number of carbonyl (C=O) groups excluding carboxylic acids is 1. The molecule has 2 rings (SSSR count). The van der Waals surface area contributed by atoms with E-state index in [1.807, 2.05) is 12.1 Å². The summed E-state index contributed by atoms with van der Waals surface area (Å²) in [5.41, 5.74) is 1.33. The summed E-state index contributed by atoms with van der Waals surface area (Å²) < 4.78 is 9.98. The summed E-state index contributed by atoms with van der Waals surface area (Å²) in [6.45, 7) is 2.20. The highest BCUT2D eigenvalue weighted by molar-refractivity contribution is 5.75. The first-order valence-electron chi connectivity index (χ1n) is 6.91. The summed E-state index contributed by atoms with van der Waals surface area (Å²) in [6.07, 6.45) is 3.15. The summed E-state index contributed by atoms with van der Waals surface area (Å²) >= 11 is 0. The molecule has 1 saturated carbocycles. The van der Waals surface area contributed by atoms with Crippen LogP contribution in [0.15, 0.2) is 24.3 Å². The molecule has 3 heteroatoms. The molecule has 1 aromatic carbocycles. The van der Waals surface area contributed by atoms with Crippen molar-refractivity contribution >= 4 is 5.97 Å². The van der Waals surface area contributed by atoms with Crippen LogP contribution in [0.2, 0.25) is 0 Å². The Balaban J connectivity index is 1.95. The molecule has 0 spiro atoms. The molecule has 0 radical (unpaired) electrons. The maximum atomic E-state index is 11.4. The topological polar surface area (TPSA) is 35.5 Å². The standard InChI is InChI=1S/C16H22O3/c1-4-11(9-13-10-15(13)16(17)19-3)12-5-7-14(18-2)8-6-12/h5-8,11,13,15H,4,9-10H2,1-3H3. The number of carbonyl (C=O) groups is 1. The number of hydrogen-bond acceptors (Lipinski definition) is 3. The van der Waals surface area contributed by atoms with E-state index in [2.05, 4.69) is 19.1 Å². The summed E-state index contributed by atoms with van der Waals surface area (Å²) in [5, 5.41) is 0. The van der Waals surface area contributed by atoms with E-state index in [9.17, 15) is 4.79 Å². The zero-order valence-corrected chi connectivity index (χ0v) is 11.9. The molecule has 1 fully saturated rings. The lowest BCUT2D eigenvalue weighted by molar-refractivity contribution is -0.142. The summed E-state index contributed by atoms with van der Waals surface area (Å²) in [5.74, 6) is 1.99. The summed E-state index contributed by atoms with van der Waals surface area (Å²) in [6, 6.07) is 8.26. The van der Waals surface area contributed by atoms with E-state index < -0.39 is 0 Å². The first-order chi connectivity index (χ1) is 9.19. The molecule has 0 N–H and O–H groups in total. The van der Waals surface area contributed by atoms with Crippen LogP contribution in [0.5, 0.6) is 5.75 Å². The normalized spacial score (nSPS) is 22.7. The van der Waals surface area contributed by atoms with E-state index in [-0.39, 0.29) is 11.9 Å². The van der Waals surface area contributed by atoms with Gasteiger partial charge in [-0.15, -0.1) is 0 Å². The molecule has 0 aromatic heterocycles. The van der Waals surface area contributed by atoms with Crippen molar-refractivity contribution in [2.45, 2.75) is 32.1 Å². The number of rotatable bonds is 6. The largest absolute Gasteiger partial charge is 0.497 e. The highest BCUT2D eigenvalue weighted by atomic mass is 16.5. The highest BCUT2D eigenvalue weighted by Crippen LogP contribution is 2.46. The minimum Gasteiger partial charge on any atom is -0.497 e. The third-order valence-electron chi connectivity index (χ3n) is 4.09. The first kappa shape index (κ1) is 13.9. The third kappa shape index (κ3) is 3.28. The molecule has 19 heavy (non-hydrogen) atoms. The minimum atomic E-state index is -0.0467. The van der Waals surface area contributed by atoms with Crippen LogP contribution in [-0.4, -0.2) is 20.2 Å². The molecule has 1 aliphatic rings. The Kier molecular flexibility index (Phi) is 4.46. The van der Waals surface area contributed by atoms with Crippen molar-refractivity contribution < 1.29 is 14.3 Å². The smallest absolute Gasteiger partial charge is 0.308 e. The molecule has 0 aliphatic heterocycles. The molecule has 1 aromatic rings. The van der Waals surface area contributed by atoms with Gasteiger partial charge >= 0.3 is 5.97 Å². The van der Waals surface area contributed by atoms with Gasteiger partial charge < -0.3 is 9.47 Å². The van der Waals surface area contributed by atoms with Crippen molar-refractivity contribution in [1.29, 1.82) is 0 Å². The van der Waals surface area contributed by atoms with Gasteiger partial charge in [0.25, 0.3) is 0 Å². The molecule has 3 atom stereocenters. The number of methoxy groups -OCH3 is 2. The predicted octanol–water partition coefficient (Wildman–Crippen LogP) is 3.39. The van der Waals surface area contributed by atoms with Gasteiger partial charge in [0.1, 0.15) is 5.75 Å². The van der Waals surface area contributed by atoms with Crippen LogP contribution in [0.1, 0.15) is 37.7 Å². The minimum absolute atomic E-state index is 0.0467. The van der Waals surface area contributed by atoms with Crippen LogP contribution >= 0.6 is 0 Å². The zero-order valence-electron chi connectivity index (χ0n) is 11.9. The van der Waals surface area contributed by atoms with Crippen molar-refractivity contribution in [3.05, 3.63) is 29.8 Å². The second-order valence-corrected chi connectivity index (χ2v) is 5.24. The molecule has 3 nitrogen and oxygen atoms in total. The molecule has 0 amide bonds. The Morgan fingerprint density at radius 2 is 2.00 bits per heavy atom. The van der Waals surface area contributed by atoms with Gasteiger partial charge in [-0.2, -0.15) is 0 Å². The molecule has 3 unspecified atom stereocenters. The Bertz CT molecular complexity index is 424. The van der Waals surface area contributed by atoms with Crippen LogP contribution < -0.4 is 4.74 Å². The second kappa shape index (κ2) is 6.09. The van der Waals surface area contributed by atoms with Crippen LogP contribution in [0.3, 0.4) is 0 Å². The van der Waals surface area contributed by atoms with Gasteiger partial charge in [0.2, 0.25) is 0 Å². The van der Waals surface area contributed by atoms with Crippen LogP contribution in [0.25, 0.3) is 0 Å². The van der Waals surface area contributed by atoms with Crippen LogP contribution in [0, 0.1) is 11.8 Å². The van der Waals surface area contributed by atoms with Crippen molar-refractivity contribution in [3.63, 3.8) is 0 Å². The van der Waals surface area contributed by atoms with Crippen molar-refractivity contribution in [1.82, 2.24) is 0 Å². The molecule has 0 saturated heterocycles. The average Bonchev–Trinajstić information content (AvgIpc) is 3.23. The molecule has 0 heterocycles. The predicted molar refractivity (Wildman–Crippen MR) is 74.3 cm³/mol. The monoisotopic (exact) mass is 262 g/mol. The van der Waals surface area contributed by atoms with Gasteiger partial charge in [-0.1, -0.05) is 19.1 Å². The van der Waals surface area contributed by atoms with Gasteiger partial charge in [0.15, 0.2) is 0 Å². The summed E-state index contributed by atoms with van der Waals surface area (Å²) in [4.78, 5) is 11.4. The number of benzene rings is 1. The lowest BCUT2D eigenvalue weighted by Crippen LogP contribution is -2.06. The van der Waals surface area contributed by atoms with Gasteiger partial charge in [-0.05, 0) is 48.8 Å². The van der Waals surface area contributed by atoms with Crippen molar-refractivity contribution in [3.8, 4) is 5.75 Å². The second-order valence-electron chi connectivity index (χ2n) is 5.24. The van der Waals surface area contributed by atoms with Crippen molar-refractivity contribution in [2.75, 3.05) is 14.2 Å². The number of esters is 1. The van der Waals surface area contributed by atoms with Crippen molar-refractivity contribution in [2.24, 2.45) is 11.8 Å². The van der Waals surface area contributed by atoms with E-state index in [0.717, 1.165) is 25.0 Å². The van der Waals surface area contributed by atoms with E-state index in [4.69, 9.17) is 9.47 Å². The summed E-state index contributed by atoms with van der Waals surface area (Å²) in [7, 11) is 3.15. The van der Waals surface area contributed by atoms with Crippen LogP contribution in [0.4, 0.5) is 0 Å². The molecule has 104 valence electrons. The highest BCUT2D eigenvalue weighted by Gasteiger charge is 2.44. The fourth-order valence-electron chi connectivity index (χ4n) is 2.73. The Hall–Kier alpha value is -1.51. The molecular weight excluding hydrogens is 240 g/mol. The number of ether oxygens (including phenoxy) is 2. The van der Waals surface area contributed by atoms with E-state index in [1.165, 1.54) is 12.7 Å². The maximum absolute atomic E-state index is 11.4. The SMILES string of the molecule is CCC(CC1CC1C(=O)OC)c1ccc(OC)cc1. The first-order valence-corrected chi connectivity index (χ1v) is 6.91. The average molecular weight is 262 g/mol. The molecule has 1 aliphatic carbocycles. The quantitative estimate of drug-likeness (QED) is 0.737. The maximum Gasteiger partial charge on any atom is 0.308 e. The van der Waals surface area contributed by atoms with E-state index >= 15 is 0 Å².